The van der Waals surface area contributed by atoms with E-state index >= 15 is 0 Å². The van der Waals surface area contributed by atoms with Gasteiger partial charge in [-0.25, -0.2) is 9.78 Å². The molecule has 4 atom stereocenters. The van der Waals surface area contributed by atoms with Gasteiger partial charge < -0.3 is 30.9 Å². The molecule has 4 heterocycles. The van der Waals surface area contributed by atoms with E-state index in [0.29, 0.717) is 28.2 Å². The van der Waals surface area contributed by atoms with Crippen molar-refractivity contribution in [2.45, 2.75) is 116 Å². The zero-order chi connectivity index (χ0) is 37.1. The Balaban J connectivity index is 1.45. The number of nitrogens with one attached hydrogen (secondary N) is 4. The van der Waals surface area contributed by atoms with Crippen LogP contribution >= 0.6 is 11.3 Å². The number of likely N-dealkylation sites (tertiary alicyclic amines) is 1. The van der Waals surface area contributed by atoms with E-state index < -0.39 is 64.7 Å². The highest BCUT2D eigenvalue weighted by Gasteiger charge is 2.47. The van der Waals surface area contributed by atoms with Gasteiger partial charge in [0.2, 0.25) is 23.5 Å². The summed E-state index contributed by atoms with van der Waals surface area (Å²) in [6.07, 6.45) is 3.43. The molecule has 2 fully saturated rings. The summed E-state index contributed by atoms with van der Waals surface area (Å²) in [5.41, 5.74) is -0.750. The van der Waals surface area contributed by atoms with Gasteiger partial charge in [-0.15, -0.1) is 11.3 Å². The van der Waals surface area contributed by atoms with Crippen LogP contribution in [-0.4, -0.2) is 91.7 Å². The molecular formula is C36H48N8O6S. The fraction of sp³-hybridized carbons (Fsp3) is 0.556. The van der Waals surface area contributed by atoms with Gasteiger partial charge in [0, 0.05) is 24.2 Å². The molecule has 1 saturated carbocycles. The first kappa shape index (κ1) is 37.6. The Morgan fingerprint density at radius 1 is 1.02 bits per heavy atom. The van der Waals surface area contributed by atoms with Crippen molar-refractivity contribution in [3.05, 3.63) is 35.8 Å². The summed E-state index contributed by atoms with van der Waals surface area (Å²) in [5, 5.41) is 13.7. The molecule has 0 unspecified atom stereocenters. The Bertz CT molecular complexity index is 1760. The topological polar surface area (TPSA) is 185 Å². The SMILES string of the molecule is CCC[C@H](NC(=O)[C@@H]1C[C@@H](Oc2nc(-c3ccccn3)nc3sccc23)CN1C(=O)[C@@H](NC(=O)NC(C)(C)C)C(C)(C)C)C(=O)C(=O)NC1CC1. The highest BCUT2D eigenvalue weighted by atomic mass is 32.1. The van der Waals surface area contributed by atoms with Crippen molar-refractivity contribution in [3.63, 3.8) is 0 Å². The standard InChI is InChI=1S/C36H48N8O6S/c1-8-11-23(26(45)30(47)38-20-13-14-20)39-29(46)25-18-21(19-44(25)33(48)27(35(2,3)4)40-34(49)43-36(5,6)7)50-31-22-15-17-51-32(22)42-28(41-31)24-12-9-10-16-37-24/h9-10,12,15-17,20-21,23,25,27H,8,11,13-14,18-19H2,1-7H3,(H,38,47)(H,39,46)(H2,40,43,49)/t21-,23+,25+,27-/m1/s1. The Hall–Kier alpha value is -4.66. The molecule has 51 heavy (non-hydrogen) atoms. The number of Topliss-reactive ketones (excluding diaryl/α,β-unsaturated/α-hetero) is 1. The van der Waals surface area contributed by atoms with Gasteiger partial charge in [0.15, 0.2) is 5.82 Å². The summed E-state index contributed by atoms with van der Waals surface area (Å²) in [6.45, 7) is 12.8. The molecule has 2 aliphatic rings. The number of fused-ring (bicyclic) bond motifs is 1. The van der Waals surface area contributed by atoms with Crippen LogP contribution in [0, 0.1) is 5.41 Å². The van der Waals surface area contributed by atoms with E-state index in [0.717, 1.165) is 12.8 Å². The number of carbonyl (C=O) groups excluding carboxylic acids is 5. The van der Waals surface area contributed by atoms with Gasteiger partial charge in [-0.3, -0.25) is 24.2 Å². The highest BCUT2D eigenvalue weighted by molar-refractivity contribution is 7.16. The van der Waals surface area contributed by atoms with Crippen LogP contribution in [0.4, 0.5) is 4.79 Å². The molecule has 14 nitrogen and oxygen atoms in total. The number of ketones is 1. The minimum Gasteiger partial charge on any atom is -0.472 e. The minimum atomic E-state index is -1.08. The zero-order valence-corrected chi connectivity index (χ0v) is 31.1. The van der Waals surface area contributed by atoms with E-state index in [-0.39, 0.29) is 31.3 Å². The number of urea groups is 1. The van der Waals surface area contributed by atoms with Crippen molar-refractivity contribution in [3.8, 4) is 17.4 Å². The second-order valence-corrected chi connectivity index (χ2v) is 16.2. The van der Waals surface area contributed by atoms with Crippen molar-refractivity contribution in [2.24, 2.45) is 5.41 Å². The monoisotopic (exact) mass is 720 g/mol. The van der Waals surface area contributed by atoms with Crippen LogP contribution in [0.5, 0.6) is 5.88 Å². The normalized spacial score (nSPS) is 18.8. The molecule has 1 aliphatic carbocycles. The Labute approximate surface area is 301 Å². The van der Waals surface area contributed by atoms with Crippen molar-refractivity contribution in [1.82, 2.24) is 41.1 Å². The van der Waals surface area contributed by atoms with E-state index in [9.17, 15) is 24.0 Å². The second kappa shape index (κ2) is 15.3. The Kier molecular flexibility index (Phi) is 11.3. The quantitative estimate of drug-likeness (QED) is 0.203. The summed E-state index contributed by atoms with van der Waals surface area (Å²) in [5.74, 6) is -1.88. The number of rotatable bonds is 12. The van der Waals surface area contributed by atoms with Crippen LogP contribution in [0.15, 0.2) is 35.8 Å². The van der Waals surface area contributed by atoms with Crippen molar-refractivity contribution in [1.29, 1.82) is 0 Å². The summed E-state index contributed by atoms with van der Waals surface area (Å²) in [7, 11) is 0. The molecule has 0 radical (unpaired) electrons. The molecule has 274 valence electrons. The molecule has 5 amide bonds. The van der Waals surface area contributed by atoms with Gasteiger partial charge >= 0.3 is 6.03 Å². The number of nitrogens with zero attached hydrogens (tertiary/aromatic N) is 4. The van der Waals surface area contributed by atoms with Gasteiger partial charge in [-0.05, 0) is 69.0 Å². The predicted molar refractivity (Wildman–Crippen MR) is 193 cm³/mol. The molecule has 3 aromatic heterocycles. The van der Waals surface area contributed by atoms with Gasteiger partial charge in [0.05, 0.1) is 18.0 Å². The molecule has 0 bridgehead atoms. The molecule has 0 spiro atoms. The lowest BCUT2D eigenvalue weighted by atomic mass is 9.85. The van der Waals surface area contributed by atoms with E-state index in [1.54, 1.807) is 18.3 Å². The van der Waals surface area contributed by atoms with Gasteiger partial charge in [-0.1, -0.05) is 40.2 Å². The molecule has 1 saturated heterocycles. The third kappa shape index (κ3) is 9.57. The molecule has 0 aromatic carbocycles. The lowest BCUT2D eigenvalue weighted by Crippen LogP contribution is -2.61. The first-order valence-corrected chi connectivity index (χ1v) is 18.3. The third-order valence-corrected chi connectivity index (χ3v) is 9.34. The fourth-order valence-electron chi connectivity index (χ4n) is 5.85. The lowest BCUT2D eigenvalue weighted by Gasteiger charge is -2.36. The number of hydrogen-bond acceptors (Lipinski definition) is 10. The van der Waals surface area contributed by atoms with Crippen LogP contribution in [0.25, 0.3) is 21.7 Å². The first-order chi connectivity index (χ1) is 24.0. The molecule has 3 aromatic rings. The van der Waals surface area contributed by atoms with Crippen LogP contribution in [0.3, 0.4) is 0 Å². The van der Waals surface area contributed by atoms with Gasteiger partial charge in [0.1, 0.15) is 28.7 Å². The van der Waals surface area contributed by atoms with Crippen LogP contribution in [0.2, 0.25) is 0 Å². The number of pyridine rings is 1. The lowest BCUT2D eigenvalue weighted by molar-refractivity contribution is -0.144. The maximum Gasteiger partial charge on any atom is 0.315 e. The third-order valence-electron chi connectivity index (χ3n) is 8.53. The van der Waals surface area contributed by atoms with E-state index in [1.807, 2.05) is 66.0 Å². The number of carbonyl (C=O) groups is 5. The molecule has 15 heteroatoms. The molecule has 5 rings (SSSR count). The Morgan fingerprint density at radius 3 is 2.39 bits per heavy atom. The minimum absolute atomic E-state index is 0.00478. The number of thiophene rings is 1. The number of amides is 5. The van der Waals surface area contributed by atoms with Crippen LogP contribution in [0.1, 0.15) is 80.6 Å². The smallest absolute Gasteiger partial charge is 0.315 e. The van der Waals surface area contributed by atoms with E-state index in [4.69, 9.17) is 9.72 Å². The maximum atomic E-state index is 14.5. The predicted octanol–water partition coefficient (Wildman–Crippen LogP) is 3.75. The average molecular weight is 721 g/mol. The molecular weight excluding hydrogens is 673 g/mol. The second-order valence-electron chi connectivity index (χ2n) is 15.3. The van der Waals surface area contributed by atoms with Crippen molar-refractivity contribution < 1.29 is 28.7 Å². The molecule has 4 N–H and O–H groups in total. The Morgan fingerprint density at radius 2 is 1.76 bits per heavy atom. The number of ether oxygens (including phenoxy) is 1. The van der Waals surface area contributed by atoms with Crippen LogP contribution in [-0.2, 0) is 19.2 Å². The first-order valence-electron chi connectivity index (χ1n) is 17.4. The van der Waals surface area contributed by atoms with Crippen molar-refractivity contribution >= 4 is 51.1 Å². The highest BCUT2D eigenvalue weighted by Crippen LogP contribution is 2.33. The van der Waals surface area contributed by atoms with Gasteiger partial charge in [-0.2, -0.15) is 4.98 Å². The van der Waals surface area contributed by atoms with Gasteiger partial charge in [0.25, 0.3) is 5.91 Å². The van der Waals surface area contributed by atoms with Crippen LogP contribution < -0.4 is 26.0 Å². The maximum absolute atomic E-state index is 14.5. The van der Waals surface area contributed by atoms with E-state index in [2.05, 4.69) is 31.2 Å². The zero-order valence-electron chi connectivity index (χ0n) is 30.2. The summed E-state index contributed by atoms with van der Waals surface area (Å²) >= 11 is 1.42. The molecule has 1 aliphatic heterocycles. The largest absolute Gasteiger partial charge is 0.472 e. The summed E-state index contributed by atoms with van der Waals surface area (Å²) in [4.78, 5) is 83.4. The average Bonchev–Trinajstić information content (AvgIpc) is 3.56. The van der Waals surface area contributed by atoms with E-state index in [1.165, 1.54) is 16.2 Å². The summed E-state index contributed by atoms with van der Waals surface area (Å²) < 4.78 is 6.49. The summed E-state index contributed by atoms with van der Waals surface area (Å²) in [6, 6.07) is 3.56. The fourth-order valence-corrected chi connectivity index (χ4v) is 6.61. The number of aromatic nitrogens is 3. The van der Waals surface area contributed by atoms with Crippen molar-refractivity contribution in [2.75, 3.05) is 6.54 Å². The number of hydrogen-bond donors (Lipinski definition) is 4.